The van der Waals surface area contributed by atoms with Crippen LogP contribution >= 0.6 is 0 Å². The van der Waals surface area contributed by atoms with Gasteiger partial charge in [-0.05, 0) is 43.5 Å². The number of carbonyl (C=O) groups is 2. The standard InChI is InChI=1S/C18H26N2O3/c1-2-12-23-16-7-5-14(6-8-16)17(21)9-10-18(22)20-11-3-4-15(19)13-20/h5-8,15H,2-4,9-13,19H2,1H3. The molecule has 5 heteroatoms. The Labute approximate surface area is 137 Å². The van der Waals surface area contributed by atoms with E-state index in [0.29, 0.717) is 18.7 Å². The Morgan fingerprint density at radius 1 is 1.26 bits per heavy atom. The normalized spacial score (nSPS) is 17.8. The second-order valence-electron chi connectivity index (χ2n) is 6.04. The summed E-state index contributed by atoms with van der Waals surface area (Å²) < 4.78 is 5.49. The minimum Gasteiger partial charge on any atom is -0.494 e. The largest absolute Gasteiger partial charge is 0.494 e. The number of likely N-dealkylation sites (tertiary alicyclic amines) is 1. The fourth-order valence-electron chi connectivity index (χ4n) is 2.72. The number of benzene rings is 1. The fraction of sp³-hybridized carbons (Fsp3) is 0.556. The number of nitrogens with zero attached hydrogens (tertiary/aromatic N) is 1. The summed E-state index contributed by atoms with van der Waals surface area (Å²) in [5, 5.41) is 0. The summed E-state index contributed by atoms with van der Waals surface area (Å²) in [5.74, 6) is 0.778. The van der Waals surface area contributed by atoms with E-state index >= 15 is 0 Å². The minimum absolute atomic E-state index is 0.0123. The van der Waals surface area contributed by atoms with E-state index in [9.17, 15) is 9.59 Å². The van der Waals surface area contributed by atoms with Crippen LogP contribution in [0.2, 0.25) is 0 Å². The zero-order valence-corrected chi connectivity index (χ0v) is 13.8. The maximum Gasteiger partial charge on any atom is 0.223 e. The molecule has 0 bridgehead atoms. The summed E-state index contributed by atoms with van der Waals surface area (Å²) >= 11 is 0. The molecule has 1 saturated heterocycles. The Hall–Kier alpha value is -1.88. The van der Waals surface area contributed by atoms with Gasteiger partial charge in [0.05, 0.1) is 6.61 Å². The number of hydrogen-bond acceptors (Lipinski definition) is 4. The number of ketones is 1. The van der Waals surface area contributed by atoms with Crippen LogP contribution in [0.1, 0.15) is 49.4 Å². The Balaban J connectivity index is 1.80. The first-order valence-electron chi connectivity index (χ1n) is 8.39. The van der Waals surface area contributed by atoms with Gasteiger partial charge in [-0.15, -0.1) is 0 Å². The summed E-state index contributed by atoms with van der Waals surface area (Å²) in [6.07, 6.45) is 3.34. The van der Waals surface area contributed by atoms with E-state index in [0.717, 1.165) is 31.6 Å². The first kappa shape index (κ1) is 17.5. The van der Waals surface area contributed by atoms with Gasteiger partial charge in [-0.2, -0.15) is 0 Å². The van der Waals surface area contributed by atoms with Crippen LogP contribution in [-0.4, -0.2) is 42.3 Å². The maximum atomic E-state index is 12.2. The number of piperidine rings is 1. The molecule has 1 aliphatic rings. The zero-order valence-electron chi connectivity index (χ0n) is 13.8. The molecule has 0 aromatic heterocycles. The maximum absolute atomic E-state index is 12.2. The summed E-state index contributed by atoms with van der Waals surface area (Å²) in [6.45, 7) is 4.07. The van der Waals surface area contributed by atoms with Gasteiger partial charge in [0.2, 0.25) is 5.91 Å². The van der Waals surface area contributed by atoms with Gasteiger partial charge in [-0.3, -0.25) is 9.59 Å². The summed E-state index contributed by atoms with van der Waals surface area (Å²) in [5.41, 5.74) is 6.51. The second kappa shape index (κ2) is 8.67. The molecule has 1 aromatic rings. The molecular weight excluding hydrogens is 292 g/mol. The van der Waals surface area contributed by atoms with Crippen LogP contribution in [0.3, 0.4) is 0 Å². The number of Topliss-reactive ketones (excluding diaryl/α,β-unsaturated/α-hetero) is 1. The molecule has 1 aliphatic heterocycles. The van der Waals surface area contributed by atoms with E-state index in [4.69, 9.17) is 10.5 Å². The first-order valence-corrected chi connectivity index (χ1v) is 8.39. The van der Waals surface area contributed by atoms with Crippen LogP contribution in [0.25, 0.3) is 0 Å². The van der Waals surface area contributed by atoms with Crippen molar-refractivity contribution in [2.45, 2.75) is 45.1 Å². The van der Waals surface area contributed by atoms with Crippen molar-refractivity contribution in [3.05, 3.63) is 29.8 Å². The molecule has 0 spiro atoms. The summed E-state index contributed by atoms with van der Waals surface area (Å²) in [4.78, 5) is 26.1. The first-order chi connectivity index (χ1) is 11.1. The lowest BCUT2D eigenvalue weighted by atomic mass is 10.0. The number of rotatable bonds is 7. The molecule has 2 N–H and O–H groups in total. The Morgan fingerprint density at radius 3 is 2.65 bits per heavy atom. The van der Waals surface area contributed by atoms with Crippen molar-refractivity contribution in [3.8, 4) is 5.75 Å². The van der Waals surface area contributed by atoms with Gasteiger partial charge in [0.1, 0.15) is 5.75 Å². The average molecular weight is 318 g/mol. The van der Waals surface area contributed by atoms with E-state index in [1.54, 1.807) is 29.2 Å². The fourth-order valence-corrected chi connectivity index (χ4v) is 2.72. The molecule has 2 rings (SSSR count). The van der Waals surface area contributed by atoms with Crippen LogP contribution in [0.15, 0.2) is 24.3 Å². The Bertz CT molecular complexity index is 528. The third kappa shape index (κ3) is 5.36. The van der Waals surface area contributed by atoms with Gasteiger partial charge in [-0.25, -0.2) is 0 Å². The van der Waals surface area contributed by atoms with Crippen molar-refractivity contribution >= 4 is 11.7 Å². The van der Waals surface area contributed by atoms with Crippen molar-refractivity contribution in [3.63, 3.8) is 0 Å². The van der Waals surface area contributed by atoms with E-state index in [1.807, 2.05) is 6.92 Å². The zero-order chi connectivity index (χ0) is 16.7. The van der Waals surface area contributed by atoms with Gasteiger partial charge in [0.15, 0.2) is 5.78 Å². The highest BCUT2D eigenvalue weighted by molar-refractivity contribution is 5.98. The number of hydrogen-bond donors (Lipinski definition) is 1. The summed E-state index contributed by atoms with van der Waals surface area (Å²) in [7, 11) is 0. The highest BCUT2D eigenvalue weighted by atomic mass is 16.5. The SMILES string of the molecule is CCCOc1ccc(C(=O)CCC(=O)N2CCCC(N)C2)cc1. The molecule has 0 radical (unpaired) electrons. The predicted octanol–water partition coefficient (Wildman–Crippen LogP) is 2.39. The molecule has 0 saturated carbocycles. The lowest BCUT2D eigenvalue weighted by Gasteiger charge is -2.30. The van der Waals surface area contributed by atoms with E-state index < -0.39 is 0 Å². The van der Waals surface area contributed by atoms with E-state index in [1.165, 1.54) is 0 Å². The molecule has 1 heterocycles. The third-order valence-electron chi connectivity index (χ3n) is 4.03. The van der Waals surface area contributed by atoms with Crippen molar-refractivity contribution in [2.75, 3.05) is 19.7 Å². The Morgan fingerprint density at radius 2 is 2.00 bits per heavy atom. The molecule has 0 aliphatic carbocycles. The molecule has 1 fully saturated rings. The van der Waals surface area contributed by atoms with Gasteiger partial charge < -0.3 is 15.4 Å². The smallest absolute Gasteiger partial charge is 0.223 e. The molecule has 126 valence electrons. The number of ether oxygens (including phenoxy) is 1. The van der Waals surface area contributed by atoms with Crippen LogP contribution in [0, 0.1) is 0 Å². The lowest BCUT2D eigenvalue weighted by Crippen LogP contribution is -2.45. The lowest BCUT2D eigenvalue weighted by molar-refractivity contribution is -0.132. The average Bonchev–Trinajstić information content (AvgIpc) is 2.58. The van der Waals surface area contributed by atoms with Crippen LogP contribution in [0.4, 0.5) is 0 Å². The highest BCUT2D eigenvalue weighted by Gasteiger charge is 2.21. The van der Waals surface area contributed by atoms with Crippen molar-refractivity contribution in [2.24, 2.45) is 5.73 Å². The third-order valence-corrected chi connectivity index (χ3v) is 4.03. The summed E-state index contributed by atoms with van der Waals surface area (Å²) in [6, 6.07) is 7.19. The molecular formula is C18H26N2O3. The minimum atomic E-state index is -0.0123. The molecule has 1 amide bonds. The molecule has 1 unspecified atom stereocenters. The van der Waals surface area contributed by atoms with Gasteiger partial charge >= 0.3 is 0 Å². The van der Waals surface area contributed by atoms with Gasteiger partial charge in [-0.1, -0.05) is 6.92 Å². The van der Waals surface area contributed by atoms with Gasteiger partial charge in [0, 0.05) is 37.5 Å². The predicted molar refractivity (Wildman–Crippen MR) is 89.6 cm³/mol. The molecule has 1 atom stereocenters. The van der Waals surface area contributed by atoms with Crippen molar-refractivity contribution < 1.29 is 14.3 Å². The Kier molecular flexibility index (Phi) is 6.59. The van der Waals surface area contributed by atoms with Crippen molar-refractivity contribution in [1.29, 1.82) is 0 Å². The van der Waals surface area contributed by atoms with Crippen LogP contribution in [0.5, 0.6) is 5.75 Å². The number of nitrogens with two attached hydrogens (primary N) is 1. The highest BCUT2D eigenvalue weighted by Crippen LogP contribution is 2.15. The van der Waals surface area contributed by atoms with Crippen LogP contribution in [-0.2, 0) is 4.79 Å². The monoisotopic (exact) mass is 318 g/mol. The second-order valence-corrected chi connectivity index (χ2v) is 6.04. The van der Waals surface area contributed by atoms with E-state index in [-0.39, 0.29) is 30.6 Å². The molecule has 1 aromatic carbocycles. The molecule has 23 heavy (non-hydrogen) atoms. The topological polar surface area (TPSA) is 72.6 Å². The van der Waals surface area contributed by atoms with Crippen molar-refractivity contribution in [1.82, 2.24) is 4.90 Å². The number of carbonyl (C=O) groups excluding carboxylic acids is 2. The van der Waals surface area contributed by atoms with Gasteiger partial charge in [0.25, 0.3) is 0 Å². The number of amides is 1. The quantitative estimate of drug-likeness (QED) is 0.784. The molecule has 5 nitrogen and oxygen atoms in total. The van der Waals surface area contributed by atoms with E-state index in [2.05, 4.69) is 0 Å². The van der Waals surface area contributed by atoms with Crippen LogP contribution < -0.4 is 10.5 Å².